The minimum atomic E-state index is 0.209. The van der Waals surface area contributed by atoms with Crippen LogP contribution in [0.3, 0.4) is 0 Å². The number of benzene rings is 2. The van der Waals surface area contributed by atoms with E-state index >= 15 is 0 Å². The van der Waals surface area contributed by atoms with Crippen molar-refractivity contribution in [3.8, 4) is 11.5 Å². The van der Waals surface area contributed by atoms with E-state index in [2.05, 4.69) is 12.1 Å². The third-order valence-electron chi connectivity index (χ3n) is 4.75. The molecule has 0 spiro atoms. The summed E-state index contributed by atoms with van der Waals surface area (Å²) in [6, 6.07) is 15.4. The van der Waals surface area contributed by atoms with Gasteiger partial charge in [0, 0.05) is 30.5 Å². The number of hydrogen-bond donors (Lipinski definition) is 0. The zero-order valence-corrected chi connectivity index (χ0v) is 15.7. The van der Waals surface area contributed by atoms with Gasteiger partial charge in [0.25, 0.3) is 0 Å². The Bertz CT molecular complexity index is 715. The Balaban J connectivity index is 1.40. The van der Waals surface area contributed by atoms with Crippen LogP contribution in [0.5, 0.6) is 11.5 Å². The molecule has 0 saturated carbocycles. The van der Waals surface area contributed by atoms with Gasteiger partial charge in [-0.3, -0.25) is 4.79 Å². The molecule has 0 bridgehead atoms. The fraction of sp³-hybridized carbons (Fsp3) is 0.381. The lowest BCUT2D eigenvalue weighted by molar-refractivity contribution is -0.130. The first-order valence-corrected chi connectivity index (χ1v) is 9.33. The van der Waals surface area contributed by atoms with Gasteiger partial charge in [0.1, 0.15) is 11.5 Å². The average molecular weight is 374 g/mol. The molecule has 0 radical (unpaired) electrons. The zero-order chi connectivity index (χ0) is 18.4. The van der Waals surface area contributed by atoms with Crippen LogP contribution in [-0.2, 0) is 4.79 Å². The molecule has 1 aliphatic heterocycles. The van der Waals surface area contributed by atoms with E-state index in [9.17, 15) is 4.79 Å². The maximum absolute atomic E-state index is 12.4. The molecule has 2 aromatic rings. The number of amides is 1. The Morgan fingerprint density at radius 2 is 1.81 bits per heavy atom. The minimum Gasteiger partial charge on any atom is -0.497 e. The molecule has 4 nitrogen and oxygen atoms in total. The lowest BCUT2D eigenvalue weighted by Crippen LogP contribution is -2.28. The van der Waals surface area contributed by atoms with E-state index in [4.69, 9.17) is 21.1 Å². The molecule has 138 valence electrons. The maximum Gasteiger partial charge on any atom is 0.222 e. The summed E-state index contributed by atoms with van der Waals surface area (Å²) in [5, 5.41) is 0.688. The van der Waals surface area contributed by atoms with Crippen LogP contribution in [0.2, 0.25) is 5.02 Å². The summed E-state index contributed by atoms with van der Waals surface area (Å²) < 4.78 is 10.8. The Labute approximate surface area is 159 Å². The highest BCUT2D eigenvalue weighted by Crippen LogP contribution is 2.29. The number of methoxy groups -OCH3 is 1. The third-order valence-corrected chi connectivity index (χ3v) is 5.00. The third kappa shape index (κ3) is 4.92. The van der Waals surface area contributed by atoms with E-state index in [0.717, 1.165) is 31.0 Å². The van der Waals surface area contributed by atoms with Crippen LogP contribution in [0, 0.1) is 0 Å². The summed E-state index contributed by atoms with van der Waals surface area (Å²) >= 11 is 5.85. The molecular formula is C21H24ClNO3. The van der Waals surface area contributed by atoms with Crippen molar-refractivity contribution in [1.82, 2.24) is 4.90 Å². The van der Waals surface area contributed by atoms with Gasteiger partial charge in [0.15, 0.2) is 0 Å². The van der Waals surface area contributed by atoms with Crippen molar-refractivity contribution in [2.75, 3.05) is 26.8 Å². The zero-order valence-electron chi connectivity index (χ0n) is 15.0. The van der Waals surface area contributed by atoms with E-state index in [-0.39, 0.29) is 5.91 Å². The molecule has 0 aromatic heterocycles. The number of hydrogen-bond acceptors (Lipinski definition) is 3. The van der Waals surface area contributed by atoms with Crippen molar-refractivity contribution < 1.29 is 14.3 Å². The SMILES string of the molecule is COc1ccc(C2CCN(C(=O)CCCOc3ccc(Cl)cc3)C2)cc1. The monoisotopic (exact) mass is 373 g/mol. The summed E-state index contributed by atoms with van der Waals surface area (Å²) in [6.45, 7) is 2.15. The quantitative estimate of drug-likeness (QED) is 0.669. The Morgan fingerprint density at radius 3 is 2.50 bits per heavy atom. The summed E-state index contributed by atoms with van der Waals surface area (Å²) in [5.74, 6) is 2.26. The van der Waals surface area contributed by atoms with Gasteiger partial charge >= 0.3 is 0 Å². The predicted molar refractivity (Wildman–Crippen MR) is 103 cm³/mol. The van der Waals surface area contributed by atoms with Crippen molar-refractivity contribution in [3.05, 3.63) is 59.1 Å². The molecule has 3 rings (SSSR count). The minimum absolute atomic E-state index is 0.209. The first-order chi connectivity index (χ1) is 12.7. The molecular weight excluding hydrogens is 350 g/mol. The first-order valence-electron chi connectivity index (χ1n) is 8.96. The molecule has 26 heavy (non-hydrogen) atoms. The van der Waals surface area contributed by atoms with Gasteiger partial charge in [-0.2, -0.15) is 0 Å². The molecule has 1 saturated heterocycles. The largest absolute Gasteiger partial charge is 0.497 e. The normalized spacial score (nSPS) is 16.5. The van der Waals surface area contributed by atoms with Gasteiger partial charge in [-0.25, -0.2) is 0 Å². The van der Waals surface area contributed by atoms with Gasteiger partial charge in [-0.1, -0.05) is 23.7 Å². The summed E-state index contributed by atoms with van der Waals surface area (Å²) in [7, 11) is 1.67. The summed E-state index contributed by atoms with van der Waals surface area (Å²) in [4.78, 5) is 14.4. The van der Waals surface area contributed by atoms with Crippen LogP contribution >= 0.6 is 11.6 Å². The number of carbonyl (C=O) groups excluding carboxylic acids is 1. The second kappa shape index (κ2) is 8.95. The fourth-order valence-corrected chi connectivity index (χ4v) is 3.36. The molecule has 1 aliphatic rings. The molecule has 0 N–H and O–H groups in total. The smallest absolute Gasteiger partial charge is 0.222 e. The lowest BCUT2D eigenvalue weighted by atomic mass is 9.98. The standard InChI is InChI=1S/C21H24ClNO3/c1-25-19-8-4-16(5-9-19)17-12-13-23(15-17)21(24)3-2-14-26-20-10-6-18(22)7-11-20/h4-11,17H,2-3,12-15H2,1H3. The highest BCUT2D eigenvalue weighted by Gasteiger charge is 2.26. The van der Waals surface area contributed by atoms with Gasteiger partial charge < -0.3 is 14.4 Å². The van der Waals surface area contributed by atoms with Crippen LogP contribution in [0.1, 0.15) is 30.7 Å². The number of halogens is 1. The van der Waals surface area contributed by atoms with Crippen LogP contribution in [0.15, 0.2) is 48.5 Å². The van der Waals surface area contributed by atoms with E-state index in [1.165, 1.54) is 5.56 Å². The number of likely N-dealkylation sites (tertiary alicyclic amines) is 1. The molecule has 5 heteroatoms. The van der Waals surface area contributed by atoms with E-state index in [0.29, 0.717) is 30.4 Å². The molecule has 2 aromatic carbocycles. The number of ether oxygens (including phenoxy) is 2. The Morgan fingerprint density at radius 1 is 1.12 bits per heavy atom. The predicted octanol–water partition coefficient (Wildman–Crippen LogP) is 4.52. The Hall–Kier alpha value is -2.20. The van der Waals surface area contributed by atoms with Gasteiger partial charge in [-0.05, 0) is 54.8 Å². The summed E-state index contributed by atoms with van der Waals surface area (Å²) in [6.07, 6.45) is 2.24. The molecule has 1 heterocycles. The molecule has 1 amide bonds. The van der Waals surface area contributed by atoms with Crippen LogP contribution in [-0.4, -0.2) is 37.6 Å². The number of carbonyl (C=O) groups is 1. The van der Waals surface area contributed by atoms with Crippen molar-refractivity contribution in [2.24, 2.45) is 0 Å². The van der Waals surface area contributed by atoms with E-state index in [1.54, 1.807) is 19.2 Å². The van der Waals surface area contributed by atoms with Crippen LogP contribution < -0.4 is 9.47 Å². The highest BCUT2D eigenvalue weighted by molar-refractivity contribution is 6.30. The van der Waals surface area contributed by atoms with Crippen LogP contribution in [0.4, 0.5) is 0 Å². The number of nitrogens with zero attached hydrogens (tertiary/aromatic N) is 1. The fourth-order valence-electron chi connectivity index (χ4n) is 3.24. The maximum atomic E-state index is 12.4. The van der Waals surface area contributed by atoms with Gasteiger partial charge in [0.05, 0.1) is 13.7 Å². The second-order valence-corrected chi connectivity index (χ2v) is 6.94. The topological polar surface area (TPSA) is 38.8 Å². The average Bonchev–Trinajstić information content (AvgIpc) is 3.17. The van der Waals surface area contributed by atoms with Crippen molar-refractivity contribution in [1.29, 1.82) is 0 Å². The molecule has 1 atom stereocenters. The lowest BCUT2D eigenvalue weighted by Gasteiger charge is -2.17. The van der Waals surface area contributed by atoms with Crippen molar-refractivity contribution in [3.63, 3.8) is 0 Å². The molecule has 1 fully saturated rings. The van der Waals surface area contributed by atoms with Crippen molar-refractivity contribution >= 4 is 17.5 Å². The van der Waals surface area contributed by atoms with E-state index in [1.807, 2.05) is 29.2 Å². The van der Waals surface area contributed by atoms with Crippen LogP contribution in [0.25, 0.3) is 0 Å². The first kappa shape index (κ1) is 18.6. The molecule has 1 unspecified atom stereocenters. The van der Waals surface area contributed by atoms with Crippen molar-refractivity contribution in [2.45, 2.75) is 25.2 Å². The van der Waals surface area contributed by atoms with Gasteiger partial charge in [-0.15, -0.1) is 0 Å². The molecule has 0 aliphatic carbocycles. The second-order valence-electron chi connectivity index (χ2n) is 6.50. The number of rotatable bonds is 7. The van der Waals surface area contributed by atoms with E-state index < -0.39 is 0 Å². The van der Waals surface area contributed by atoms with Gasteiger partial charge in [0.2, 0.25) is 5.91 Å². The highest BCUT2D eigenvalue weighted by atomic mass is 35.5. The Kier molecular flexibility index (Phi) is 6.40. The summed E-state index contributed by atoms with van der Waals surface area (Å²) in [5.41, 5.74) is 1.27.